The molecule has 0 fully saturated rings. The van der Waals surface area contributed by atoms with E-state index in [0.717, 1.165) is 36.8 Å². The van der Waals surface area contributed by atoms with E-state index in [1.54, 1.807) is 7.11 Å². The number of hydrogen-bond acceptors (Lipinski definition) is 3. The van der Waals surface area contributed by atoms with Gasteiger partial charge in [0.15, 0.2) is 5.96 Å². The largest absolute Gasteiger partial charge is 0.496 e. The van der Waals surface area contributed by atoms with Crippen LogP contribution >= 0.6 is 35.7 Å². The molecule has 0 radical (unpaired) electrons. The molecule has 1 aliphatic carbocycles. The van der Waals surface area contributed by atoms with Crippen LogP contribution in [0, 0.1) is 5.92 Å². The molecule has 0 amide bonds. The fraction of sp³-hybridized carbons (Fsp3) is 0.500. The number of hydrogen-bond donors (Lipinski definition) is 2. The molecule has 1 unspecified atom stereocenters. The number of rotatable bonds is 7. The zero-order chi connectivity index (χ0) is 16.5. The first-order chi connectivity index (χ1) is 11.2. The number of methoxy groups -OCH3 is 1. The van der Waals surface area contributed by atoms with Gasteiger partial charge in [-0.25, -0.2) is 0 Å². The van der Waals surface area contributed by atoms with Gasteiger partial charge >= 0.3 is 0 Å². The van der Waals surface area contributed by atoms with Crippen molar-refractivity contribution in [2.75, 3.05) is 26.5 Å². The average Bonchev–Trinajstić information content (AvgIpc) is 3.09. The molecule has 2 rings (SSSR count). The molecule has 1 aromatic carbocycles. The van der Waals surface area contributed by atoms with E-state index < -0.39 is 0 Å². The predicted molar refractivity (Wildman–Crippen MR) is 115 cm³/mol. The Labute approximate surface area is 166 Å². The van der Waals surface area contributed by atoms with Crippen molar-refractivity contribution in [2.45, 2.75) is 30.7 Å². The second-order valence-electron chi connectivity index (χ2n) is 5.80. The summed E-state index contributed by atoms with van der Waals surface area (Å²) in [5.41, 5.74) is 0. The highest BCUT2D eigenvalue weighted by Gasteiger charge is 2.12. The predicted octanol–water partition coefficient (Wildman–Crippen LogP) is 3.93. The third-order valence-electron chi connectivity index (χ3n) is 3.78. The summed E-state index contributed by atoms with van der Waals surface area (Å²) in [6.07, 6.45) is 6.61. The van der Waals surface area contributed by atoms with Crippen molar-refractivity contribution in [1.29, 1.82) is 0 Å². The number of nitrogens with zero attached hydrogens (tertiary/aromatic N) is 1. The summed E-state index contributed by atoms with van der Waals surface area (Å²) in [6, 6.07) is 8.65. The topological polar surface area (TPSA) is 45.7 Å². The van der Waals surface area contributed by atoms with Gasteiger partial charge in [-0.05, 0) is 30.9 Å². The molecule has 0 spiro atoms. The molecule has 6 heteroatoms. The third kappa shape index (κ3) is 6.93. The molecule has 1 aliphatic rings. The molecule has 0 bridgehead atoms. The molecule has 4 nitrogen and oxygen atoms in total. The second kappa shape index (κ2) is 11.6. The van der Waals surface area contributed by atoms with Gasteiger partial charge in [0.2, 0.25) is 0 Å². The Hall–Kier alpha value is -0.890. The minimum Gasteiger partial charge on any atom is -0.496 e. The number of benzene rings is 1. The first-order valence-corrected chi connectivity index (χ1v) is 9.09. The highest BCUT2D eigenvalue weighted by Crippen LogP contribution is 2.29. The number of aliphatic imine (C=N–C) groups is 1. The van der Waals surface area contributed by atoms with Gasteiger partial charge in [-0.15, -0.1) is 35.7 Å². The van der Waals surface area contributed by atoms with Crippen molar-refractivity contribution < 1.29 is 4.74 Å². The molecular formula is C18H28IN3OS. The normalized spacial score (nSPS) is 15.7. The molecule has 0 saturated heterocycles. The summed E-state index contributed by atoms with van der Waals surface area (Å²) in [7, 11) is 3.55. The summed E-state index contributed by atoms with van der Waals surface area (Å²) in [4.78, 5) is 5.50. The lowest BCUT2D eigenvalue weighted by atomic mass is 10.2. The number of guanidine groups is 1. The van der Waals surface area contributed by atoms with Crippen molar-refractivity contribution in [3.05, 3.63) is 36.4 Å². The Morgan fingerprint density at radius 3 is 2.71 bits per heavy atom. The lowest BCUT2D eigenvalue weighted by Gasteiger charge is -2.19. The maximum atomic E-state index is 5.40. The number of thioether (sulfide) groups is 1. The highest BCUT2D eigenvalue weighted by molar-refractivity contribution is 14.0. The van der Waals surface area contributed by atoms with Gasteiger partial charge in [-0.1, -0.05) is 31.2 Å². The van der Waals surface area contributed by atoms with E-state index in [1.165, 1.54) is 4.90 Å². The number of halogens is 1. The SMILES string of the molecule is CN=C(NCC(C)CSc1ccccc1OC)NC1CC=CC1.I. The van der Waals surface area contributed by atoms with Crippen molar-refractivity contribution >= 4 is 41.7 Å². The van der Waals surface area contributed by atoms with E-state index in [4.69, 9.17) is 4.74 Å². The number of para-hydroxylation sites is 1. The molecule has 24 heavy (non-hydrogen) atoms. The molecule has 0 aromatic heterocycles. The Bertz CT molecular complexity index is 543. The quantitative estimate of drug-likeness (QED) is 0.213. The van der Waals surface area contributed by atoms with Gasteiger partial charge in [0, 0.05) is 30.3 Å². The van der Waals surface area contributed by atoms with Crippen LogP contribution in [0.25, 0.3) is 0 Å². The molecule has 1 aromatic rings. The van der Waals surface area contributed by atoms with Crippen molar-refractivity contribution in [2.24, 2.45) is 10.9 Å². The summed E-state index contributed by atoms with van der Waals surface area (Å²) in [6.45, 7) is 3.15. The van der Waals surface area contributed by atoms with E-state index in [9.17, 15) is 0 Å². The van der Waals surface area contributed by atoms with Crippen molar-refractivity contribution in [3.8, 4) is 5.75 Å². The Morgan fingerprint density at radius 2 is 2.04 bits per heavy atom. The maximum Gasteiger partial charge on any atom is 0.191 e. The van der Waals surface area contributed by atoms with Crippen LogP contribution in [0.1, 0.15) is 19.8 Å². The Kier molecular flexibility index (Phi) is 10.2. The molecule has 0 saturated carbocycles. The van der Waals surface area contributed by atoms with Crippen LogP contribution in [0.3, 0.4) is 0 Å². The second-order valence-corrected chi connectivity index (χ2v) is 6.87. The van der Waals surface area contributed by atoms with E-state index in [2.05, 4.69) is 46.8 Å². The summed E-state index contributed by atoms with van der Waals surface area (Å²) >= 11 is 1.84. The fourth-order valence-electron chi connectivity index (χ4n) is 2.42. The molecule has 0 aliphatic heterocycles. The number of ether oxygens (including phenoxy) is 1. The lowest BCUT2D eigenvalue weighted by Crippen LogP contribution is -2.44. The van der Waals surface area contributed by atoms with E-state index in [1.807, 2.05) is 30.9 Å². The minimum atomic E-state index is 0. The first kappa shape index (κ1) is 21.2. The van der Waals surface area contributed by atoms with Gasteiger partial charge in [0.05, 0.1) is 7.11 Å². The van der Waals surface area contributed by atoms with Crippen LogP contribution in [0.4, 0.5) is 0 Å². The van der Waals surface area contributed by atoms with Gasteiger partial charge in [0.25, 0.3) is 0 Å². The standard InChI is InChI=1S/C18H27N3OS.HI/c1-14(13-23-17-11-7-6-10-16(17)22-3)12-20-18(19-2)21-15-8-4-5-9-15;/h4-7,10-11,14-15H,8-9,12-13H2,1-3H3,(H2,19,20,21);1H. The summed E-state index contributed by atoms with van der Waals surface area (Å²) in [5.74, 6) is 3.41. The Balaban J connectivity index is 0.00000288. The molecular weight excluding hydrogens is 433 g/mol. The van der Waals surface area contributed by atoms with Crippen LogP contribution in [-0.4, -0.2) is 38.5 Å². The first-order valence-electron chi connectivity index (χ1n) is 8.11. The van der Waals surface area contributed by atoms with E-state index in [0.29, 0.717) is 12.0 Å². The van der Waals surface area contributed by atoms with Gasteiger partial charge in [0.1, 0.15) is 5.75 Å². The highest BCUT2D eigenvalue weighted by atomic mass is 127. The summed E-state index contributed by atoms with van der Waals surface area (Å²) < 4.78 is 5.40. The van der Waals surface area contributed by atoms with Crippen LogP contribution in [0.5, 0.6) is 5.75 Å². The zero-order valence-electron chi connectivity index (χ0n) is 14.6. The molecule has 1 atom stereocenters. The zero-order valence-corrected chi connectivity index (χ0v) is 17.8. The molecule has 134 valence electrons. The average molecular weight is 461 g/mol. The van der Waals surface area contributed by atoms with Crippen LogP contribution in [0.15, 0.2) is 46.3 Å². The monoisotopic (exact) mass is 461 g/mol. The Morgan fingerprint density at radius 1 is 1.33 bits per heavy atom. The molecule has 0 heterocycles. The summed E-state index contributed by atoms with van der Waals surface area (Å²) in [5, 5.41) is 6.89. The van der Waals surface area contributed by atoms with Gasteiger partial charge in [-0.2, -0.15) is 0 Å². The van der Waals surface area contributed by atoms with E-state index in [-0.39, 0.29) is 24.0 Å². The van der Waals surface area contributed by atoms with Crippen molar-refractivity contribution in [1.82, 2.24) is 10.6 Å². The minimum absolute atomic E-state index is 0. The van der Waals surface area contributed by atoms with E-state index >= 15 is 0 Å². The van der Waals surface area contributed by atoms with Crippen LogP contribution < -0.4 is 15.4 Å². The van der Waals surface area contributed by atoms with Gasteiger partial charge in [-0.3, -0.25) is 4.99 Å². The number of nitrogens with one attached hydrogen (secondary N) is 2. The maximum absolute atomic E-state index is 5.40. The van der Waals surface area contributed by atoms with Crippen LogP contribution in [0.2, 0.25) is 0 Å². The smallest absolute Gasteiger partial charge is 0.191 e. The molecule has 2 N–H and O–H groups in total. The van der Waals surface area contributed by atoms with Crippen LogP contribution in [-0.2, 0) is 0 Å². The van der Waals surface area contributed by atoms with Crippen molar-refractivity contribution in [3.63, 3.8) is 0 Å². The fourth-order valence-corrected chi connectivity index (χ4v) is 3.47. The third-order valence-corrected chi connectivity index (χ3v) is 5.17. The lowest BCUT2D eigenvalue weighted by molar-refractivity contribution is 0.405. The van der Waals surface area contributed by atoms with Gasteiger partial charge < -0.3 is 15.4 Å².